The number of nitrogens with two attached hydrogens (primary N) is 1. The van der Waals surface area contributed by atoms with Crippen molar-refractivity contribution in [3.05, 3.63) is 34.9 Å². The first-order chi connectivity index (χ1) is 9.64. The molecular formula is C14H18ClF6NO. The van der Waals surface area contributed by atoms with E-state index in [0.29, 0.717) is 12.1 Å². The normalized spacial score (nSPS) is 15.8. The van der Waals surface area contributed by atoms with Crippen molar-refractivity contribution in [2.45, 2.75) is 45.3 Å². The third-order valence-corrected chi connectivity index (χ3v) is 3.22. The lowest BCUT2D eigenvalue weighted by Crippen LogP contribution is -2.37. The second-order valence-electron chi connectivity index (χ2n) is 6.18. The van der Waals surface area contributed by atoms with E-state index >= 15 is 0 Å². The number of aliphatic hydroxyl groups excluding tert-OH is 1. The monoisotopic (exact) mass is 365 g/mol. The Hall–Kier alpha value is -0.990. The second kappa shape index (κ2) is 6.86. The van der Waals surface area contributed by atoms with E-state index in [-0.39, 0.29) is 18.5 Å². The van der Waals surface area contributed by atoms with Gasteiger partial charge < -0.3 is 10.8 Å². The van der Waals surface area contributed by atoms with Gasteiger partial charge in [-0.05, 0) is 29.2 Å². The molecule has 0 bridgehead atoms. The number of aliphatic hydroxyl groups is 1. The highest BCUT2D eigenvalue weighted by Gasteiger charge is 2.38. The second-order valence-corrected chi connectivity index (χ2v) is 6.18. The summed E-state index contributed by atoms with van der Waals surface area (Å²) in [6.07, 6.45) is -11.2. The van der Waals surface area contributed by atoms with Gasteiger partial charge in [0.2, 0.25) is 0 Å². The lowest BCUT2D eigenvalue weighted by Gasteiger charge is -2.31. The van der Waals surface area contributed by atoms with Crippen LogP contribution in [0.15, 0.2) is 18.2 Å². The maximum absolute atomic E-state index is 12.8. The van der Waals surface area contributed by atoms with Crippen molar-refractivity contribution in [3.8, 4) is 0 Å². The van der Waals surface area contributed by atoms with Gasteiger partial charge in [-0.1, -0.05) is 20.8 Å². The highest BCUT2D eigenvalue weighted by Crippen LogP contribution is 2.38. The van der Waals surface area contributed by atoms with Crippen LogP contribution in [0.25, 0.3) is 0 Å². The maximum Gasteiger partial charge on any atom is 0.416 e. The SMILES string of the molecule is CC(C)(C)[C@@H](O)[C@@H](N)c1cc(C(F)(F)F)cc(C(F)(F)F)c1.Cl. The molecule has 134 valence electrons. The van der Waals surface area contributed by atoms with Crippen LogP contribution in [-0.4, -0.2) is 11.2 Å². The molecule has 0 aliphatic rings. The molecule has 1 aromatic carbocycles. The van der Waals surface area contributed by atoms with Gasteiger partial charge in [0, 0.05) is 0 Å². The van der Waals surface area contributed by atoms with Crippen LogP contribution in [0.2, 0.25) is 0 Å². The Kier molecular flexibility index (Phi) is 6.57. The molecule has 1 rings (SSSR count). The fourth-order valence-electron chi connectivity index (χ4n) is 1.89. The van der Waals surface area contributed by atoms with Gasteiger partial charge in [-0.3, -0.25) is 0 Å². The first kappa shape index (κ1) is 22.0. The van der Waals surface area contributed by atoms with E-state index in [0.717, 1.165) is 0 Å². The van der Waals surface area contributed by atoms with E-state index in [4.69, 9.17) is 5.73 Å². The van der Waals surface area contributed by atoms with Crippen LogP contribution in [0, 0.1) is 5.41 Å². The molecule has 9 heteroatoms. The van der Waals surface area contributed by atoms with E-state index < -0.39 is 46.6 Å². The summed E-state index contributed by atoms with van der Waals surface area (Å²) in [5.74, 6) is 0. The molecule has 0 aromatic heterocycles. The van der Waals surface area contributed by atoms with Crippen LogP contribution in [0.5, 0.6) is 0 Å². The molecule has 0 unspecified atom stereocenters. The van der Waals surface area contributed by atoms with E-state index in [1.54, 1.807) is 20.8 Å². The Labute approximate surface area is 136 Å². The van der Waals surface area contributed by atoms with Crippen molar-refractivity contribution in [2.75, 3.05) is 0 Å². The number of rotatable bonds is 2. The number of alkyl halides is 6. The van der Waals surface area contributed by atoms with Crippen molar-refractivity contribution in [2.24, 2.45) is 11.1 Å². The van der Waals surface area contributed by atoms with Gasteiger partial charge in [0.05, 0.1) is 23.3 Å². The van der Waals surface area contributed by atoms with Crippen LogP contribution in [0.4, 0.5) is 26.3 Å². The zero-order valence-corrected chi connectivity index (χ0v) is 13.4. The lowest BCUT2D eigenvalue weighted by molar-refractivity contribution is -0.143. The lowest BCUT2D eigenvalue weighted by atomic mass is 9.82. The van der Waals surface area contributed by atoms with Gasteiger partial charge in [-0.2, -0.15) is 26.3 Å². The minimum absolute atomic E-state index is 0. The molecule has 3 N–H and O–H groups in total. The Bertz CT molecular complexity index is 503. The zero-order chi connectivity index (χ0) is 17.5. The van der Waals surface area contributed by atoms with E-state index in [1.165, 1.54) is 0 Å². The first-order valence-corrected chi connectivity index (χ1v) is 6.37. The van der Waals surface area contributed by atoms with Crippen molar-refractivity contribution < 1.29 is 31.4 Å². The summed E-state index contributed by atoms with van der Waals surface area (Å²) in [6.45, 7) is 4.74. The number of hydrogen-bond donors (Lipinski definition) is 2. The fourth-order valence-corrected chi connectivity index (χ4v) is 1.89. The first-order valence-electron chi connectivity index (χ1n) is 6.37. The molecule has 0 saturated carbocycles. The predicted molar refractivity (Wildman–Crippen MR) is 76.1 cm³/mol. The number of benzene rings is 1. The molecule has 0 radical (unpaired) electrons. The van der Waals surface area contributed by atoms with Crippen molar-refractivity contribution in [1.82, 2.24) is 0 Å². The Morgan fingerprint density at radius 3 is 1.48 bits per heavy atom. The molecular weight excluding hydrogens is 348 g/mol. The largest absolute Gasteiger partial charge is 0.416 e. The van der Waals surface area contributed by atoms with Gasteiger partial charge in [-0.15, -0.1) is 12.4 Å². The van der Waals surface area contributed by atoms with Crippen molar-refractivity contribution in [1.29, 1.82) is 0 Å². The van der Waals surface area contributed by atoms with Gasteiger partial charge in [0.1, 0.15) is 0 Å². The smallest absolute Gasteiger partial charge is 0.391 e. The average molecular weight is 366 g/mol. The van der Waals surface area contributed by atoms with Gasteiger partial charge >= 0.3 is 12.4 Å². The van der Waals surface area contributed by atoms with E-state index in [1.807, 2.05) is 0 Å². The number of hydrogen-bond acceptors (Lipinski definition) is 2. The van der Waals surface area contributed by atoms with Crippen LogP contribution in [-0.2, 0) is 12.4 Å². The summed E-state index contributed by atoms with van der Waals surface area (Å²) in [5.41, 5.74) is 1.55. The fraction of sp³-hybridized carbons (Fsp3) is 0.571. The van der Waals surface area contributed by atoms with E-state index in [2.05, 4.69) is 0 Å². The topological polar surface area (TPSA) is 46.2 Å². The molecule has 2 nitrogen and oxygen atoms in total. The third kappa shape index (κ3) is 5.54. The van der Waals surface area contributed by atoms with Crippen molar-refractivity contribution in [3.63, 3.8) is 0 Å². The predicted octanol–water partition coefficient (Wildman–Crippen LogP) is 4.55. The molecule has 0 amide bonds. The molecule has 2 atom stereocenters. The summed E-state index contributed by atoms with van der Waals surface area (Å²) in [7, 11) is 0. The molecule has 1 aromatic rings. The van der Waals surface area contributed by atoms with Crippen LogP contribution < -0.4 is 5.73 Å². The van der Waals surface area contributed by atoms with E-state index in [9.17, 15) is 31.4 Å². The zero-order valence-electron chi connectivity index (χ0n) is 12.6. The molecule has 0 spiro atoms. The summed E-state index contributed by atoms with van der Waals surface area (Å²) in [5, 5.41) is 10.0. The average Bonchev–Trinajstić information content (AvgIpc) is 2.33. The molecule has 0 heterocycles. The van der Waals surface area contributed by atoms with Gasteiger partial charge in [-0.25, -0.2) is 0 Å². The number of halogens is 7. The summed E-state index contributed by atoms with van der Waals surface area (Å²) >= 11 is 0. The highest BCUT2D eigenvalue weighted by molar-refractivity contribution is 5.85. The van der Waals surface area contributed by atoms with Crippen LogP contribution >= 0.6 is 12.4 Å². The Balaban J connectivity index is 0.00000484. The van der Waals surface area contributed by atoms with Crippen LogP contribution in [0.3, 0.4) is 0 Å². The minimum atomic E-state index is -4.94. The maximum atomic E-state index is 12.8. The standard InChI is InChI=1S/C14H17F6NO.ClH/c1-12(2,3)11(22)10(21)7-4-8(13(15,16)17)6-9(5-7)14(18,19)20;/h4-6,10-11,22H,21H2,1-3H3;1H/t10-,11-;/m0./s1. The molecule has 0 aliphatic heterocycles. The molecule has 0 fully saturated rings. The molecule has 0 aliphatic carbocycles. The molecule has 0 saturated heterocycles. The summed E-state index contributed by atoms with van der Waals surface area (Å²) in [6, 6.07) is -0.271. The summed E-state index contributed by atoms with van der Waals surface area (Å²) < 4.78 is 76.6. The highest BCUT2D eigenvalue weighted by atomic mass is 35.5. The Morgan fingerprint density at radius 2 is 1.22 bits per heavy atom. The molecule has 23 heavy (non-hydrogen) atoms. The minimum Gasteiger partial charge on any atom is -0.391 e. The third-order valence-electron chi connectivity index (χ3n) is 3.22. The Morgan fingerprint density at radius 1 is 0.870 bits per heavy atom. The quantitative estimate of drug-likeness (QED) is 0.755. The van der Waals surface area contributed by atoms with Gasteiger partial charge in [0.15, 0.2) is 0 Å². The van der Waals surface area contributed by atoms with Gasteiger partial charge in [0.25, 0.3) is 0 Å². The van der Waals surface area contributed by atoms with Crippen LogP contribution in [0.1, 0.15) is 43.5 Å². The van der Waals surface area contributed by atoms with Crippen molar-refractivity contribution >= 4 is 12.4 Å². The summed E-state index contributed by atoms with van der Waals surface area (Å²) in [4.78, 5) is 0.